The number of nitrogens with zero attached hydrogens (tertiary/aromatic N) is 1. The Morgan fingerprint density at radius 1 is 1.47 bits per heavy atom. The number of nitriles is 1. The van der Waals surface area contributed by atoms with Crippen LogP contribution in [0.4, 0.5) is 10.1 Å². The van der Waals surface area contributed by atoms with Crippen LogP contribution in [-0.4, -0.2) is 11.7 Å². The summed E-state index contributed by atoms with van der Waals surface area (Å²) in [6.45, 7) is 1.57. The van der Waals surface area contributed by atoms with Crippen molar-refractivity contribution in [2.45, 2.75) is 19.8 Å². The zero-order chi connectivity index (χ0) is 14.0. The van der Waals surface area contributed by atoms with Crippen LogP contribution in [0.5, 0.6) is 0 Å². The number of hydrogen-bond acceptors (Lipinski definition) is 3. The van der Waals surface area contributed by atoms with Crippen LogP contribution in [0.25, 0.3) is 0 Å². The van der Waals surface area contributed by atoms with Gasteiger partial charge in [-0.1, -0.05) is 0 Å². The molecule has 1 atom stereocenters. The summed E-state index contributed by atoms with van der Waals surface area (Å²) in [6.07, 6.45) is 1.50. The quantitative estimate of drug-likeness (QED) is 0.843. The normalized spacial score (nSPS) is 15.4. The van der Waals surface area contributed by atoms with E-state index in [-0.39, 0.29) is 17.5 Å². The van der Waals surface area contributed by atoms with Gasteiger partial charge in [-0.15, -0.1) is 0 Å². The van der Waals surface area contributed by atoms with Gasteiger partial charge in [0.2, 0.25) is 5.91 Å². The highest BCUT2D eigenvalue weighted by molar-refractivity contribution is 6.10. The van der Waals surface area contributed by atoms with E-state index in [4.69, 9.17) is 5.26 Å². The van der Waals surface area contributed by atoms with Crippen molar-refractivity contribution in [2.75, 3.05) is 5.32 Å². The van der Waals surface area contributed by atoms with Gasteiger partial charge >= 0.3 is 0 Å². The summed E-state index contributed by atoms with van der Waals surface area (Å²) < 4.78 is 13.1. The van der Waals surface area contributed by atoms with Crippen molar-refractivity contribution in [2.24, 2.45) is 11.8 Å². The maximum atomic E-state index is 13.1. The molecule has 1 amide bonds. The fourth-order valence-corrected chi connectivity index (χ4v) is 1.79. The van der Waals surface area contributed by atoms with Crippen molar-refractivity contribution in [3.63, 3.8) is 0 Å². The van der Waals surface area contributed by atoms with Gasteiger partial charge < -0.3 is 5.32 Å². The molecule has 1 aromatic carbocycles. The number of carbonyl (C=O) groups excluding carboxylic acids is 2. The number of benzene rings is 1. The van der Waals surface area contributed by atoms with Crippen LogP contribution in [0.2, 0.25) is 0 Å². The molecule has 1 N–H and O–H groups in total. The predicted molar refractivity (Wildman–Crippen MR) is 66.6 cm³/mol. The fourth-order valence-electron chi connectivity index (χ4n) is 1.79. The highest BCUT2D eigenvalue weighted by Crippen LogP contribution is 2.32. The minimum atomic E-state index is -1.28. The number of aryl methyl sites for hydroxylation is 1. The summed E-state index contributed by atoms with van der Waals surface area (Å²) in [5.41, 5.74) is 0.771. The van der Waals surface area contributed by atoms with Crippen molar-refractivity contribution < 1.29 is 14.0 Å². The van der Waals surface area contributed by atoms with E-state index in [1.807, 2.05) is 0 Å². The van der Waals surface area contributed by atoms with E-state index in [0.29, 0.717) is 11.3 Å². The predicted octanol–water partition coefficient (Wildman–Crippen LogP) is 2.19. The Morgan fingerprint density at radius 2 is 2.16 bits per heavy atom. The molecule has 1 aromatic rings. The van der Waals surface area contributed by atoms with Crippen molar-refractivity contribution in [3.8, 4) is 6.07 Å². The van der Waals surface area contributed by atoms with Crippen LogP contribution in [0.1, 0.15) is 18.4 Å². The molecule has 0 saturated heterocycles. The minimum Gasteiger partial charge on any atom is -0.325 e. The fraction of sp³-hybridized carbons (Fsp3) is 0.357. The van der Waals surface area contributed by atoms with Gasteiger partial charge in [-0.25, -0.2) is 4.39 Å². The second-order valence-electron chi connectivity index (χ2n) is 4.69. The molecule has 0 spiro atoms. The van der Waals surface area contributed by atoms with E-state index in [1.165, 1.54) is 18.2 Å². The molecule has 19 heavy (non-hydrogen) atoms. The van der Waals surface area contributed by atoms with Gasteiger partial charge in [0.1, 0.15) is 5.82 Å². The Morgan fingerprint density at radius 3 is 2.68 bits per heavy atom. The number of hydrogen-bond donors (Lipinski definition) is 1. The number of Topliss-reactive ketones (excluding diaryl/α,β-unsaturated/α-hetero) is 1. The van der Waals surface area contributed by atoms with Crippen molar-refractivity contribution in [1.29, 1.82) is 5.26 Å². The standard InChI is InChI=1S/C14H13FN2O2/c1-8-6-10(4-5-12(8)15)17-14(19)11(7-16)13(18)9-2-3-9/h4-6,9,11H,2-3H2,1H3,(H,17,19). The summed E-state index contributed by atoms with van der Waals surface area (Å²) in [7, 11) is 0. The lowest BCUT2D eigenvalue weighted by molar-refractivity contribution is -0.129. The van der Waals surface area contributed by atoms with E-state index < -0.39 is 11.8 Å². The number of anilines is 1. The first-order valence-electron chi connectivity index (χ1n) is 6.03. The first kappa shape index (κ1) is 13.2. The van der Waals surface area contributed by atoms with E-state index in [1.54, 1.807) is 13.0 Å². The molecule has 4 nitrogen and oxygen atoms in total. The molecular formula is C14H13FN2O2. The third-order valence-corrected chi connectivity index (χ3v) is 3.08. The molecule has 0 heterocycles. The number of halogens is 1. The lowest BCUT2D eigenvalue weighted by Gasteiger charge is -2.09. The highest BCUT2D eigenvalue weighted by Gasteiger charge is 2.38. The third kappa shape index (κ3) is 2.97. The molecule has 1 saturated carbocycles. The van der Waals surface area contributed by atoms with Crippen molar-refractivity contribution in [3.05, 3.63) is 29.6 Å². The first-order chi connectivity index (χ1) is 9.02. The molecule has 0 aromatic heterocycles. The van der Waals surface area contributed by atoms with Crippen LogP contribution in [-0.2, 0) is 9.59 Å². The van der Waals surface area contributed by atoms with E-state index in [9.17, 15) is 14.0 Å². The van der Waals surface area contributed by atoms with Gasteiger partial charge in [0.05, 0.1) is 6.07 Å². The number of rotatable bonds is 4. The Balaban J connectivity index is 2.08. The van der Waals surface area contributed by atoms with Gasteiger partial charge in [0.15, 0.2) is 11.7 Å². The van der Waals surface area contributed by atoms with E-state index >= 15 is 0 Å². The summed E-state index contributed by atoms with van der Waals surface area (Å²) >= 11 is 0. The molecule has 1 aliphatic rings. The molecule has 98 valence electrons. The van der Waals surface area contributed by atoms with Crippen molar-refractivity contribution in [1.82, 2.24) is 0 Å². The maximum Gasteiger partial charge on any atom is 0.249 e. The SMILES string of the molecule is Cc1cc(NC(=O)C(C#N)C(=O)C2CC2)ccc1F. The minimum absolute atomic E-state index is 0.148. The Bertz CT molecular complexity index is 573. The second-order valence-corrected chi connectivity index (χ2v) is 4.69. The topological polar surface area (TPSA) is 70.0 Å². The Labute approximate surface area is 110 Å². The van der Waals surface area contributed by atoms with Gasteiger partial charge in [-0.2, -0.15) is 5.26 Å². The molecule has 2 rings (SSSR count). The maximum absolute atomic E-state index is 13.1. The molecule has 0 radical (unpaired) electrons. The van der Waals surface area contributed by atoms with E-state index in [2.05, 4.69) is 5.32 Å². The number of nitrogens with one attached hydrogen (secondary N) is 1. The third-order valence-electron chi connectivity index (χ3n) is 3.08. The molecular weight excluding hydrogens is 247 g/mol. The average molecular weight is 260 g/mol. The first-order valence-corrected chi connectivity index (χ1v) is 6.03. The zero-order valence-electron chi connectivity index (χ0n) is 10.4. The van der Waals surface area contributed by atoms with Crippen LogP contribution in [0.15, 0.2) is 18.2 Å². The number of carbonyl (C=O) groups is 2. The zero-order valence-corrected chi connectivity index (χ0v) is 10.4. The van der Waals surface area contributed by atoms with Gasteiger partial charge in [0.25, 0.3) is 0 Å². The number of amides is 1. The van der Waals surface area contributed by atoms with Crippen LogP contribution >= 0.6 is 0 Å². The second kappa shape index (κ2) is 5.19. The van der Waals surface area contributed by atoms with E-state index in [0.717, 1.165) is 12.8 Å². The smallest absolute Gasteiger partial charge is 0.249 e. The van der Waals surface area contributed by atoms with Crippen LogP contribution in [0.3, 0.4) is 0 Å². The van der Waals surface area contributed by atoms with Gasteiger partial charge in [0, 0.05) is 11.6 Å². The Kier molecular flexibility index (Phi) is 3.61. The average Bonchev–Trinajstić information content (AvgIpc) is 3.18. The molecule has 0 bridgehead atoms. The number of ketones is 1. The van der Waals surface area contributed by atoms with Crippen LogP contribution < -0.4 is 5.32 Å². The lowest BCUT2D eigenvalue weighted by Crippen LogP contribution is -2.29. The molecule has 5 heteroatoms. The molecule has 0 aliphatic heterocycles. The summed E-state index contributed by atoms with van der Waals surface area (Å²) in [5.74, 6) is -2.77. The molecule has 1 fully saturated rings. The summed E-state index contributed by atoms with van der Waals surface area (Å²) in [5, 5.41) is 11.4. The summed E-state index contributed by atoms with van der Waals surface area (Å²) in [4.78, 5) is 23.6. The van der Waals surface area contributed by atoms with Gasteiger partial charge in [-0.05, 0) is 43.5 Å². The van der Waals surface area contributed by atoms with Crippen LogP contribution in [0, 0.1) is 35.9 Å². The lowest BCUT2D eigenvalue weighted by atomic mass is 10.0. The molecule has 1 aliphatic carbocycles. The molecule has 1 unspecified atom stereocenters. The Hall–Kier alpha value is -2.22. The van der Waals surface area contributed by atoms with Crippen molar-refractivity contribution >= 4 is 17.4 Å². The summed E-state index contributed by atoms with van der Waals surface area (Å²) in [6, 6.07) is 5.83. The van der Waals surface area contributed by atoms with Gasteiger partial charge in [-0.3, -0.25) is 9.59 Å². The highest BCUT2D eigenvalue weighted by atomic mass is 19.1. The largest absolute Gasteiger partial charge is 0.325 e. The monoisotopic (exact) mass is 260 g/mol.